The van der Waals surface area contributed by atoms with Crippen LogP contribution in [0.2, 0.25) is 0 Å². The Morgan fingerprint density at radius 2 is 1.94 bits per heavy atom. The Balaban J connectivity index is 2.50. The van der Waals surface area contributed by atoms with Crippen molar-refractivity contribution in [3.05, 3.63) is 6.33 Å². The molecule has 0 aliphatic heterocycles. The number of hydrogen-bond acceptors (Lipinski definition) is 4. The molecule has 0 bridgehead atoms. The fourth-order valence-electron chi connectivity index (χ4n) is 2.19. The van der Waals surface area contributed by atoms with Gasteiger partial charge in [0.1, 0.15) is 12.9 Å². The summed E-state index contributed by atoms with van der Waals surface area (Å²) in [6.45, 7) is 10.7. The summed E-state index contributed by atoms with van der Waals surface area (Å²) in [5.74, 6) is -0.0773. The number of hydrogen-bond donors (Lipinski definition) is 1. The van der Waals surface area contributed by atoms with Gasteiger partial charge in [0.25, 0.3) is 0 Å². The topological polar surface area (TPSA) is 72.7 Å². The molecule has 0 saturated carbocycles. The van der Waals surface area contributed by atoms with E-state index in [1.807, 2.05) is 13.8 Å². The molecule has 1 amide bonds. The fraction of sp³-hybridized carbons (Fsp3) is 0.818. The molecule has 6 heteroatoms. The van der Waals surface area contributed by atoms with Crippen LogP contribution in [0, 0.1) is 5.41 Å². The van der Waals surface area contributed by atoms with Crippen molar-refractivity contribution in [2.45, 2.75) is 53.1 Å². The second-order valence-electron chi connectivity index (χ2n) is 6.18. The Morgan fingerprint density at radius 1 is 1.29 bits per heavy atom. The fourth-order valence-corrected chi connectivity index (χ4v) is 2.19. The number of tetrazole rings is 1. The Kier molecular flexibility index (Phi) is 3.85. The predicted octanol–water partition coefficient (Wildman–Crippen LogP) is 1.00. The Labute approximate surface area is 102 Å². The van der Waals surface area contributed by atoms with Gasteiger partial charge in [-0.25, -0.2) is 4.68 Å². The van der Waals surface area contributed by atoms with E-state index in [1.165, 1.54) is 11.0 Å². The van der Waals surface area contributed by atoms with Gasteiger partial charge < -0.3 is 5.32 Å². The lowest BCUT2D eigenvalue weighted by atomic mass is 9.82. The lowest BCUT2D eigenvalue weighted by Gasteiger charge is -2.33. The van der Waals surface area contributed by atoms with E-state index in [-0.39, 0.29) is 23.4 Å². The summed E-state index contributed by atoms with van der Waals surface area (Å²) in [6, 6.07) is 0. The Hall–Kier alpha value is -1.46. The maximum atomic E-state index is 11.8. The van der Waals surface area contributed by atoms with Crippen LogP contribution in [0.15, 0.2) is 6.33 Å². The molecule has 1 heterocycles. The predicted molar refractivity (Wildman–Crippen MR) is 64.1 cm³/mol. The van der Waals surface area contributed by atoms with Crippen molar-refractivity contribution in [3.8, 4) is 0 Å². The zero-order chi connectivity index (χ0) is 13.1. The number of carbonyl (C=O) groups excluding carboxylic acids is 1. The van der Waals surface area contributed by atoms with Gasteiger partial charge in [-0.2, -0.15) is 0 Å². The summed E-state index contributed by atoms with van der Waals surface area (Å²) in [7, 11) is 0. The van der Waals surface area contributed by atoms with Gasteiger partial charge in [-0.3, -0.25) is 4.79 Å². The molecule has 0 saturated heterocycles. The van der Waals surface area contributed by atoms with E-state index >= 15 is 0 Å². The van der Waals surface area contributed by atoms with Crippen LogP contribution in [-0.4, -0.2) is 31.7 Å². The summed E-state index contributed by atoms with van der Waals surface area (Å²) in [5.41, 5.74) is -0.0606. The van der Waals surface area contributed by atoms with Gasteiger partial charge in [-0.05, 0) is 36.1 Å². The highest BCUT2D eigenvalue weighted by Gasteiger charge is 2.26. The van der Waals surface area contributed by atoms with Gasteiger partial charge in [-0.1, -0.05) is 20.8 Å². The Bertz CT molecular complexity index is 364. The second-order valence-corrected chi connectivity index (χ2v) is 6.18. The minimum Gasteiger partial charge on any atom is -0.350 e. The highest BCUT2D eigenvalue weighted by Crippen LogP contribution is 2.26. The second kappa shape index (κ2) is 4.81. The van der Waals surface area contributed by atoms with Crippen molar-refractivity contribution < 1.29 is 4.79 Å². The normalized spacial score (nSPS) is 12.5. The van der Waals surface area contributed by atoms with E-state index in [0.717, 1.165) is 6.42 Å². The van der Waals surface area contributed by atoms with E-state index in [1.54, 1.807) is 0 Å². The molecule has 0 aliphatic rings. The lowest BCUT2D eigenvalue weighted by Crippen LogP contribution is -2.47. The summed E-state index contributed by atoms with van der Waals surface area (Å²) in [4.78, 5) is 11.8. The summed E-state index contributed by atoms with van der Waals surface area (Å²) in [5, 5.41) is 13.6. The molecule has 1 aromatic heterocycles. The molecule has 0 radical (unpaired) electrons. The van der Waals surface area contributed by atoms with E-state index in [9.17, 15) is 4.79 Å². The van der Waals surface area contributed by atoms with Crippen LogP contribution in [-0.2, 0) is 11.3 Å². The van der Waals surface area contributed by atoms with E-state index in [2.05, 4.69) is 41.6 Å². The largest absolute Gasteiger partial charge is 0.350 e. The summed E-state index contributed by atoms with van der Waals surface area (Å²) in [6.07, 6.45) is 2.33. The molecule has 1 N–H and O–H groups in total. The molecule has 96 valence electrons. The van der Waals surface area contributed by atoms with Gasteiger partial charge in [0, 0.05) is 5.54 Å². The molecular formula is C11H21N5O. The maximum absolute atomic E-state index is 11.8. The SMILES string of the molecule is CC(C)(C)CC(C)(C)NC(=O)Cn1cnnn1. The summed E-state index contributed by atoms with van der Waals surface area (Å²) >= 11 is 0. The number of carbonyl (C=O) groups is 1. The van der Waals surface area contributed by atoms with Crippen molar-refractivity contribution in [3.63, 3.8) is 0 Å². The standard InChI is InChI=1S/C11H21N5O/c1-10(2,3)7-11(4,5)13-9(17)6-16-8-12-14-15-16/h8H,6-7H2,1-5H3,(H,13,17). The van der Waals surface area contributed by atoms with Crippen LogP contribution in [0.5, 0.6) is 0 Å². The van der Waals surface area contributed by atoms with Crippen LogP contribution in [0.4, 0.5) is 0 Å². The zero-order valence-corrected chi connectivity index (χ0v) is 11.2. The maximum Gasteiger partial charge on any atom is 0.242 e. The molecule has 0 fully saturated rings. The minimum atomic E-state index is -0.233. The smallest absolute Gasteiger partial charge is 0.242 e. The number of nitrogens with zero attached hydrogens (tertiary/aromatic N) is 4. The Morgan fingerprint density at radius 3 is 2.41 bits per heavy atom. The molecule has 0 spiro atoms. The third-order valence-electron chi connectivity index (χ3n) is 2.15. The van der Waals surface area contributed by atoms with Gasteiger partial charge in [0.15, 0.2) is 0 Å². The van der Waals surface area contributed by atoms with E-state index < -0.39 is 0 Å². The lowest BCUT2D eigenvalue weighted by molar-refractivity contribution is -0.123. The molecule has 1 aromatic rings. The average molecular weight is 239 g/mol. The van der Waals surface area contributed by atoms with Crippen LogP contribution in [0.1, 0.15) is 41.0 Å². The first-order chi connectivity index (χ1) is 7.68. The van der Waals surface area contributed by atoms with Crippen molar-refractivity contribution in [2.75, 3.05) is 0 Å². The number of rotatable bonds is 4. The first kappa shape index (κ1) is 13.6. The third kappa shape index (κ3) is 5.42. The molecule has 0 atom stereocenters. The van der Waals surface area contributed by atoms with Crippen LogP contribution >= 0.6 is 0 Å². The molecule has 6 nitrogen and oxygen atoms in total. The van der Waals surface area contributed by atoms with Crippen molar-refractivity contribution in [1.82, 2.24) is 25.5 Å². The van der Waals surface area contributed by atoms with Crippen LogP contribution in [0.25, 0.3) is 0 Å². The van der Waals surface area contributed by atoms with Crippen molar-refractivity contribution in [2.24, 2.45) is 5.41 Å². The zero-order valence-electron chi connectivity index (χ0n) is 11.2. The molecular weight excluding hydrogens is 218 g/mol. The molecule has 17 heavy (non-hydrogen) atoms. The first-order valence-electron chi connectivity index (χ1n) is 5.70. The van der Waals surface area contributed by atoms with Crippen LogP contribution < -0.4 is 5.32 Å². The summed E-state index contributed by atoms with van der Waals surface area (Å²) < 4.78 is 1.41. The van der Waals surface area contributed by atoms with E-state index in [4.69, 9.17) is 0 Å². The molecule has 1 rings (SSSR count). The number of aromatic nitrogens is 4. The van der Waals surface area contributed by atoms with Gasteiger partial charge in [0.2, 0.25) is 5.91 Å². The van der Waals surface area contributed by atoms with Crippen molar-refractivity contribution in [1.29, 1.82) is 0 Å². The van der Waals surface area contributed by atoms with E-state index in [0.29, 0.717) is 0 Å². The third-order valence-corrected chi connectivity index (χ3v) is 2.15. The quantitative estimate of drug-likeness (QED) is 0.851. The van der Waals surface area contributed by atoms with Gasteiger partial charge in [-0.15, -0.1) is 5.10 Å². The number of nitrogens with one attached hydrogen (secondary N) is 1. The molecule has 0 unspecified atom stereocenters. The average Bonchev–Trinajstić information content (AvgIpc) is 2.49. The van der Waals surface area contributed by atoms with Crippen molar-refractivity contribution >= 4 is 5.91 Å². The van der Waals surface area contributed by atoms with Gasteiger partial charge in [0.05, 0.1) is 0 Å². The molecule has 0 aliphatic carbocycles. The monoisotopic (exact) mass is 239 g/mol. The van der Waals surface area contributed by atoms with Gasteiger partial charge >= 0.3 is 0 Å². The highest BCUT2D eigenvalue weighted by molar-refractivity contribution is 5.76. The first-order valence-corrected chi connectivity index (χ1v) is 5.70. The van der Waals surface area contributed by atoms with Crippen LogP contribution in [0.3, 0.4) is 0 Å². The highest BCUT2D eigenvalue weighted by atomic mass is 16.2. The minimum absolute atomic E-state index is 0.0773. The number of amides is 1. The molecule has 0 aromatic carbocycles.